The quantitative estimate of drug-likeness (QED) is 0.204. The fourth-order valence-electron chi connectivity index (χ4n) is 3.45. The Balaban J connectivity index is 1.75. The molecule has 0 amide bonds. The van der Waals surface area contributed by atoms with Crippen molar-refractivity contribution in [2.75, 3.05) is 18.1 Å². The van der Waals surface area contributed by atoms with Crippen molar-refractivity contribution in [2.24, 2.45) is 0 Å². The highest BCUT2D eigenvalue weighted by molar-refractivity contribution is 5.94. The first-order valence-electron chi connectivity index (χ1n) is 11.3. The Morgan fingerprint density at radius 2 is 1.75 bits per heavy atom. The molecule has 2 rings (SSSR count). The molecule has 0 saturated carbocycles. The zero-order valence-electron chi connectivity index (χ0n) is 18.8. The molecule has 2 aromatic carbocycles. The highest BCUT2D eigenvalue weighted by atomic mass is 16.5. The minimum atomic E-state index is -1.05. The first-order valence-corrected chi connectivity index (χ1v) is 11.3. The van der Waals surface area contributed by atoms with Crippen LogP contribution in [0.5, 0.6) is 5.75 Å². The van der Waals surface area contributed by atoms with E-state index in [4.69, 9.17) is 16.2 Å². The van der Waals surface area contributed by atoms with Gasteiger partial charge < -0.3 is 21.3 Å². The Hall–Kier alpha value is -3.28. The van der Waals surface area contributed by atoms with E-state index in [9.17, 15) is 14.7 Å². The van der Waals surface area contributed by atoms with Crippen LogP contribution in [0.4, 0.5) is 11.4 Å². The van der Waals surface area contributed by atoms with Crippen LogP contribution >= 0.6 is 0 Å². The van der Waals surface area contributed by atoms with Crippen LogP contribution in [-0.4, -0.2) is 23.5 Å². The smallest absolute Gasteiger partial charge is 0.336 e. The Labute approximate surface area is 190 Å². The average molecular weight is 439 g/mol. The highest BCUT2D eigenvalue weighted by Crippen LogP contribution is 2.24. The van der Waals surface area contributed by atoms with Gasteiger partial charge in [-0.15, -0.1) is 0 Å². The van der Waals surface area contributed by atoms with Gasteiger partial charge in [0.1, 0.15) is 5.75 Å². The molecule has 5 N–H and O–H groups in total. The van der Waals surface area contributed by atoms with Crippen LogP contribution in [0, 0.1) is 0 Å². The molecule has 6 heteroatoms. The average Bonchev–Trinajstić information content (AvgIpc) is 2.76. The van der Waals surface area contributed by atoms with Crippen LogP contribution < -0.4 is 16.2 Å². The van der Waals surface area contributed by atoms with E-state index >= 15 is 0 Å². The van der Waals surface area contributed by atoms with Gasteiger partial charge in [-0.1, -0.05) is 44.4 Å². The summed E-state index contributed by atoms with van der Waals surface area (Å²) in [6, 6.07) is 10.7. The fraction of sp³-hybridized carbons (Fsp3) is 0.385. The molecule has 0 aliphatic carbocycles. The summed E-state index contributed by atoms with van der Waals surface area (Å²) in [5.41, 5.74) is 14.0. The van der Waals surface area contributed by atoms with Crippen molar-refractivity contribution >= 4 is 29.2 Å². The van der Waals surface area contributed by atoms with Gasteiger partial charge in [0.25, 0.3) is 0 Å². The molecule has 0 saturated heterocycles. The number of aromatic carboxylic acids is 1. The summed E-state index contributed by atoms with van der Waals surface area (Å²) in [4.78, 5) is 23.6. The number of carboxylic acid groups (broad SMARTS) is 1. The first-order chi connectivity index (χ1) is 15.4. The van der Waals surface area contributed by atoms with E-state index < -0.39 is 5.97 Å². The lowest BCUT2D eigenvalue weighted by Gasteiger charge is -2.10. The third-order valence-electron chi connectivity index (χ3n) is 5.25. The van der Waals surface area contributed by atoms with Gasteiger partial charge in [-0.25, -0.2) is 4.79 Å². The zero-order chi connectivity index (χ0) is 23.3. The number of hydrogen-bond donors (Lipinski definition) is 3. The summed E-state index contributed by atoms with van der Waals surface area (Å²) in [6.07, 6.45) is 10.3. The van der Waals surface area contributed by atoms with E-state index in [2.05, 4.69) is 6.92 Å². The van der Waals surface area contributed by atoms with E-state index in [0.717, 1.165) is 24.3 Å². The largest absolute Gasteiger partial charge is 0.494 e. The number of rotatable bonds is 14. The maximum atomic E-state index is 12.2. The molecular weight excluding hydrogens is 404 g/mol. The lowest BCUT2D eigenvalue weighted by molar-refractivity contribution is -0.114. The van der Waals surface area contributed by atoms with Crippen LogP contribution in [0.1, 0.15) is 73.4 Å². The van der Waals surface area contributed by atoms with Crippen molar-refractivity contribution < 1.29 is 19.4 Å². The maximum Gasteiger partial charge on any atom is 0.336 e. The molecule has 0 aromatic heterocycles. The molecule has 32 heavy (non-hydrogen) atoms. The lowest BCUT2D eigenvalue weighted by atomic mass is 9.98. The van der Waals surface area contributed by atoms with Crippen molar-refractivity contribution in [3.05, 3.63) is 59.2 Å². The van der Waals surface area contributed by atoms with E-state index in [1.165, 1.54) is 25.3 Å². The molecule has 6 nitrogen and oxygen atoms in total. The predicted molar refractivity (Wildman–Crippen MR) is 130 cm³/mol. The number of allylic oxidation sites excluding steroid dienone is 1. The van der Waals surface area contributed by atoms with E-state index in [1.54, 1.807) is 18.2 Å². The molecule has 0 radical (unpaired) electrons. The Bertz CT molecular complexity index is 920. The van der Waals surface area contributed by atoms with Crippen LogP contribution in [-0.2, 0) is 11.2 Å². The Kier molecular flexibility index (Phi) is 10.3. The number of unbranched alkanes of at least 4 members (excludes halogenated alkanes) is 4. The summed E-state index contributed by atoms with van der Waals surface area (Å²) in [6.45, 7) is 2.91. The summed E-state index contributed by atoms with van der Waals surface area (Å²) in [7, 11) is 0. The summed E-state index contributed by atoms with van der Waals surface area (Å²) >= 11 is 0. The predicted octanol–water partition coefficient (Wildman–Crippen LogP) is 5.50. The third-order valence-corrected chi connectivity index (χ3v) is 5.25. The van der Waals surface area contributed by atoms with Crippen molar-refractivity contribution in [1.82, 2.24) is 0 Å². The monoisotopic (exact) mass is 438 g/mol. The minimum absolute atomic E-state index is 0.0324. The molecule has 172 valence electrons. The molecule has 0 unspecified atom stereocenters. The number of carbonyl (C=O) groups is 2. The van der Waals surface area contributed by atoms with Crippen LogP contribution in [0.25, 0.3) is 6.08 Å². The van der Waals surface area contributed by atoms with Gasteiger partial charge in [-0.05, 0) is 67.2 Å². The standard InChI is InChI=1S/C26H34N2O4/c1-2-3-4-7-16-32-22-14-11-19(12-15-22)10-13-21(29)8-5-6-9-23-24(26(30)31)17-20(27)18-25(23)28/h10-15,17-18H,2-9,16,27-28H2,1H3,(H,30,31). The number of ketones is 1. The Morgan fingerprint density at radius 1 is 1.00 bits per heavy atom. The molecule has 0 bridgehead atoms. The summed E-state index contributed by atoms with van der Waals surface area (Å²) in [5.74, 6) is -0.177. The number of nitrogen functional groups attached to an aromatic ring is 2. The zero-order valence-corrected chi connectivity index (χ0v) is 18.8. The third kappa shape index (κ3) is 8.46. The minimum Gasteiger partial charge on any atom is -0.494 e. The molecule has 0 fully saturated rings. The van der Waals surface area contributed by atoms with Crippen molar-refractivity contribution in [3.8, 4) is 5.75 Å². The number of nitrogens with two attached hydrogens (primary N) is 2. The SMILES string of the molecule is CCCCCCOc1ccc(C=CC(=O)CCCCc2c(N)cc(N)cc2C(=O)O)cc1. The topological polar surface area (TPSA) is 116 Å². The molecule has 0 aliphatic rings. The van der Waals surface area contributed by atoms with E-state index in [0.29, 0.717) is 42.6 Å². The van der Waals surface area contributed by atoms with E-state index in [1.807, 2.05) is 24.3 Å². The highest BCUT2D eigenvalue weighted by Gasteiger charge is 2.14. The second-order valence-electron chi connectivity index (χ2n) is 7.93. The molecule has 0 aliphatic heterocycles. The number of carboxylic acids is 1. The van der Waals surface area contributed by atoms with Gasteiger partial charge >= 0.3 is 5.97 Å². The lowest BCUT2D eigenvalue weighted by Crippen LogP contribution is -2.08. The molecule has 0 heterocycles. The number of hydrogen-bond acceptors (Lipinski definition) is 5. The van der Waals surface area contributed by atoms with E-state index in [-0.39, 0.29) is 11.3 Å². The first kappa shape index (κ1) is 25.0. The number of carbonyl (C=O) groups excluding carboxylic acids is 1. The van der Waals surface area contributed by atoms with Gasteiger partial charge in [0.15, 0.2) is 5.78 Å². The number of benzene rings is 2. The van der Waals surface area contributed by atoms with Gasteiger partial charge in [0, 0.05) is 17.8 Å². The summed E-state index contributed by atoms with van der Waals surface area (Å²) < 4.78 is 5.73. The van der Waals surface area contributed by atoms with Crippen molar-refractivity contribution in [2.45, 2.75) is 58.3 Å². The number of ether oxygens (including phenoxy) is 1. The van der Waals surface area contributed by atoms with Gasteiger partial charge in [-0.3, -0.25) is 4.79 Å². The van der Waals surface area contributed by atoms with Crippen LogP contribution in [0.3, 0.4) is 0 Å². The van der Waals surface area contributed by atoms with Crippen LogP contribution in [0.2, 0.25) is 0 Å². The van der Waals surface area contributed by atoms with Crippen molar-refractivity contribution in [1.29, 1.82) is 0 Å². The van der Waals surface area contributed by atoms with Gasteiger partial charge in [0.05, 0.1) is 12.2 Å². The molecule has 0 spiro atoms. The van der Waals surface area contributed by atoms with Crippen molar-refractivity contribution in [3.63, 3.8) is 0 Å². The normalized spacial score (nSPS) is 11.0. The van der Waals surface area contributed by atoms with Crippen LogP contribution in [0.15, 0.2) is 42.5 Å². The van der Waals surface area contributed by atoms with Gasteiger partial charge in [0.2, 0.25) is 0 Å². The van der Waals surface area contributed by atoms with Gasteiger partial charge in [-0.2, -0.15) is 0 Å². The maximum absolute atomic E-state index is 12.2. The number of anilines is 2. The molecule has 0 atom stereocenters. The molecular formula is C26H34N2O4. The second-order valence-corrected chi connectivity index (χ2v) is 7.93. The summed E-state index contributed by atoms with van der Waals surface area (Å²) in [5, 5.41) is 9.35. The second kappa shape index (κ2) is 13.2. The fourth-order valence-corrected chi connectivity index (χ4v) is 3.45. The Morgan fingerprint density at radius 3 is 2.44 bits per heavy atom. The molecule has 2 aromatic rings.